The summed E-state index contributed by atoms with van der Waals surface area (Å²) >= 11 is 4.98. The van der Waals surface area contributed by atoms with E-state index >= 15 is 0 Å². The first kappa shape index (κ1) is 14.2. The highest BCUT2D eigenvalue weighted by molar-refractivity contribution is 6.31. The molecule has 1 atom stereocenters. The molecule has 0 spiro atoms. The van der Waals surface area contributed by atoms with E-state index in [9.17, 15) is 14.0 Å². The minimum atomic E-state index is -2.12. The number of ether oxygens (including phenoxy) is 1. The predicted molar refractivity (Wildman–Crippen MR) is 66.7 cm³/mol. The zero-order valence-electron chi connectivity index (χ0n) is 9.79. The number of hydrogen-bond donors (Lipinski definition) is 2. The lowest BCUT2D eigenvalue weighted by Crippen LogP contribution is -2.19. The first-order chi connectivity index (χ1) is 8.43. The summed E-state index contributed by atoms with van der Waals surface area (Å²) < 4.78 is 17.5. The lowest BCUT2D eigenvalue weighted by Gasteiger charge is -2.11. The van der Waals surface area contributed by atoms with E-state index in [1.54, 1.807) is 0 Å². The van der Waals surface area contributed by atoms with Gasteiger partial charge in [0.05, 0.1) is 12.8 Å². The topological polar surface area (TPSA) is 67.4 Å². The lowest BCUT2D eigenvalue weighted by molar-refractivity contribution is -0.118. The Hall–Kier alpha value is -1.82. The maximum atomic E-state index is 12.5. The summed E-state index contributed by atoms with van der Waals surface area (Å²) in [6.45, 7) is 1.36. The average molecular weight is 275 g/mol. The van der Waals surface area contributed by atoms with Crippen LogP contribution in [-0.4, -0.2) is 24.6 Å². The number of methoxy groups -OCH3 is 1. The highest BCUT2D eigenvalue weighted by Crippen LogP contribution is 2.28. The molecule has 5 nitrogen and oxygen atoms in total. The molecule has 98 valence electrons. The normalized spacial score (nSPS) is 11.6. The number of nitrogens with one attached hydrogen (secondary N) is 2. The van der Waals surface area contributed by atoms with Gasteiger partial charge in [-0.05, 0) is 12.1 Å². The second-order valence-electron chi connectivity index (χ2n) is 3.39. The molecule has 1 aromatic rings. The fourth-order valence-electron chi connectivity index (χ4n) is 1.26. The molecule has 0 fully saturated rings. The van der Waals surface area contributed by atoms with Crippen LogP contribution in [-0.2, 0) is 9.59 Å². The quantitative estimate of drug-likeness (QED) is 0.827. The van der Waals surface area contributed by atoms with Crippen LogP contribution in [0, 0.1) is 0 Å². The minimum Gasteiger partial charge on any atom is -0.494 e. The van der Waals surface area contributed by atoms with Gasteiger partial charge in [-0.3, -0.25) is 9.59 Å². The third kappa shape index (κ3) is 3.89. The van der Waals surface area contributed by atoms with Crippen LogP contribution < -0.4 is 15.4 Å². The lowest BCUT2D eigenvalue weighted by atomic mass is 10.2. The highest BCUT2D eigenvalue weighted by atomic mass is 35.5. The first-order valence-electron chi connectivity index (χ1n) is 4.98. The van der Waals surface area contributed by atoms with Gasteiger partial charge in [-0.25, -0.2) is 4.39 Å². The Balaban J connectivity index is 2.91. The maximum Gasteiger partial charge on any atom is 0.274 e. The van der Waals surface area contributed by atoms with Gasteiger partial charge in [0, 0.05) is 18.7 Å². The van der Waals surface area contributed by atoms with Crippen molar-refractivity contribution in [3.8, 4) is 5.75 Å². The van der Waals surface area contributed by atoms with E-state index in [2.05, 4.69) is 10.6 Å². The number of alkyl halides is 2. The number of anilines is 2. The van der Waals surface area contributed by atoms with Crippen LogP contribution in [0.5, 0.6) is 5.75 Å². The van der Waals surface area contributed by atoms with Crippen LogP contribution in [0.3, 0.4) is 0 Å². The zero-order chi connectivity index (χ0) is 13.7. The second kappa shape index (κ2) is 6.20. The molecule has 0 heterocycles. The van der Waals surface area contributed by atoms with E-state index in [0.29, 0.717) is 17.1 Å². The van der Waals surface area contributed by atoms with E-state index in [0.717, 1.165) is 0 Å². The van der Waals surface area contributed by atoms with Crippen molar-refractivity contribution < 1.29 is 18.7 Å². The number of benzene rings is 1. The summed E-state index contributed by atoms with van der Waals surface area (Å²) in [5.74, 6) is -0.881. The molecule has 2 amide bonds. The van der Waals surface area contributed by atoms with Crippen LogP contribution in [0.1, 0.15) is 6.92 Å². The van der Waals surface area contributed by atoms with Gasteiger partial charge in [-0.15, -0.1) is 0 Å². The standard InChI is InChI=1S/C11H12ClFN2O3/c1-6(16)14-8-4-3-7(5-9(8)18-2)15-11(17)10(12)13/h3-5,10H,1-2H3,(H,14,16)(H,15,17). The summed E-state index contributed by atoms with van der Waals surface area (Å²) in [6, 6.07) is 4.46. The summed E-state index contributed by atoms with van der Waals surface area (Å²) in [7, 11) is 1.41. The highest BCUT2D eigenvalue weighted by Gasteiger charge is 2.14. The third-order valence-corrected chi connectivity index (χ3v) is 2.18. The van der Waals surface area contributed by atoms with Gasteiger partial charge in [-0.1, -0.05) is 11.6 Å². The van der Waals surface area contributed by atoms with Gasteiger partial charge in [0.15, 0.2) is 0 Å². The van der Waals surface area contributed by atoms with Crippen molar-refractivity contribution in [3.63, 3.8) is 0 Å². The van der Waals surface area contributed by atoms with Gasteiger partial charge in [0.25, 0.3) is 11.5 Å². The van der Waals surface area contributed by atoms with Crippen molar-refractivity contribution in [3.05, 3.63) is 18.2 Å². The molecule has 2 N–H and O–H groups in total. The van der Waals surface area contributed by atoms with Gasteiger partial charge < -0.3 is 15.4 Å². The Kier molecular flexibility index (Phi) is 4.91. The van der Waals surface area contributed by atoms with Crippen LogP contribution in [0.25, 0.3) is 0 Å². The Labute approximate surface area is 108 Å². The van der Waals surface area contributed by atoms with Crippen LogP contribution >= 0.6 is 11.6 Å². The smallest absolute Gasteiger partial charge is 0.274 e. The molecule has 18 heavy (non-hydrogen) atoms. The zero-order valence-corrected chi connectivity index (χ0v) is 10.5. The summed E-state index contributed by atoms with van der Waals surface area (Å²) in [5.41, 5.74) is -1.36. The van der Waals surface area contributed by atoms with E-state index < -0.39 is 11.5 Å². The molecular formula is C11H12ClFN2O3. The fourth-order valence-corrected chi connectivity index (χ4v) is 1.31. The Morgan fingerprint density at radius 2 is 2.06 bits per heavy atom. The molecule has 0 aromatic heterocycles. The number of halogens is 2. The van der Waals surface area contributed by atoms with Crippen LogP contribution in [0.15, 0.2) is 18.2 Å². The van der Waals surface area contributed by atoms with Crippen LogP contribution in [0.4, 0.5) is 15.8 Å². The molecule has 0 radical (unpaired) electrons. The monoisotopic (exact) mass is 274 g/mol. The summed E-state index contributed by atoms with van der Waals surface area (Å²) in [5, 5.41) is 4.81. The van der Waals surface area contributed by atoms with Crippen molar-refractivity contribution in [2.45, 2.75) is 12.6 Å². The molecule has 1 unspecified atom stereocenters. The van der Waals surface area contributed by atoms with Gasteiger partial charge in [-0.2, -0.15) is 0 Å². The van der Waals surface area contributed by atoms with Crippen LogP contribution in [0.2, 0.25) is 0 Å². The predicted octanol–water partition coefficient (Wildman–Crippen LogP) is 2.13. The maximum absolute atomic E-state index is 12.5. The summed E-state index contributed by atoms with van der Waals surface area (Å²) in [6.07, 6.45) is 0. The van der Waals surface area contributed by atoms with Gasteiger partial charge in [0.1, 0.15) is 5.75 Å². The van der Waals surface area contributed by atoms with E-state index in [4.69, 9.17) is 16.3 Å². The molecule has 0 aliphatic rings. The first-order valence-corrected chi connectivity index (χ1v) is 5.42. The van der Waals surface area contributed by atoms with Crippen molar-refractivity contribution in [2.24, 2.45) is 0 Å². The van der Waals surface area contributed by atoms with Gasteiger partial charge in [0.2, 0.25) is 5.91 Å². The summed E-state index contributed by atoms with van der Waals surface area (Å²) in [4.78, 5) is 22.0. The number of carbonyl (C=O) groups excluding carboxylic acids is 2. The number of amides is 2. The molecular weight excluding hydrogens is 263 g/mol. The van der Waals surface area contributed by atoms with Gasteiger partial charge >= 0.3 is 0 Å². The Bertz CT molecular complexity index is 466. The molecule has 0 saturated carbocycles. The molecule has 0 saturated heterocycles. The number of hydrogen-bond acceptors (Lipinski definition) is 3. The average Bonchev–Trinajstić information content (AvgIpc) is 2.30. The number of carbonyl (C=O) groups is 2. The van der Waals surface area contributed by atoms with E-state index in [-0.39, 0.29) is 5.91 Å². The molecule has 1 rings (SSSR count). The van der Waals surface area contributed by atoms with Crippen molar-refractivity contribution >= 4 is 34.8 Å². The third-order valence-electron chi connectivity index (χ3n) is 1.98. The minimum absolute atomic E-state index is 0.255. The molecule has 1 aromatic carbocycles. The molecule has 0 bridgehead atoms. The SMILES string of the molecule is COc1cc(NC(=O)C(F)Cl)ccc1NC(C)=O. The number of rotatable bonds is 4. The Morgan fingerprint density at radius 3 is 2.56 bits per heavy atom. The largest absolute Gasteiger partial charge is 0.494 e. The van der Waals surface area contributed by atoms with Crippen molar-refractivity contribution in [1.29, 1.82) is 0 Å². The van der Waals surface area contributed by atoms with E-state index in [1.165, 1.54) is 32.2 Å². The van der Waals surface area contributed by atoms with Crippen molar-refractivity contribution in [1.82, 2.24) is 0 Å². The van der Waals surface area contributed by atoms with E-state index in [1.807, 2.05) is 0 Å². The molecule has 7 heteroatoms. The molecule has 0 aliphatic heterocycles. The molecule has 0 aliphatic carbocycles. The Morgan fingerprint density at radius 1 is 1.39 bits per heavy atom. The fraction of sp³-hybridized carbons (Fsp3) is 0.273. The van der Waals surface area contributed by atoms with Crippen molar-refractivity contribution in [2.75, 3.05) is 17.7 Å². The second-order valence-corrected chi connectivity index (χ2v) is 3.77.